The molecule has 1 unspecified atom stereocenters. The Morgan fingerprint density at radius 1 is 1.03 bits per heavy atom. The van der Waals surface area contributed by atoms with Crippen LogP contribution in [0.15, 0.2) is 48.5 Å². The van der Waals surface area contributed by atoms with E-state index in [1.807, 2.05) is 4.90 Å². The standard InChI is InChI=1S/C22H23F3N4O3/c23-22(24,25)19-13-20(31)26-17-3-1-2-4-18(17)29(19)21(32)14-27-9-11-28(12-10-27)15-5-7-16(30)8-6-15/h1-8,19,30H,9-14H2,(H,26,31). The van der Waals surface area contributed by atoms with Crippen molar-refractivity contribution in [2.45, 2.75) is 18.6 Å². The number of nitrogens with zero attached hydrogens (tertiary/aromatic N) is 3. The Morgan fingerprint density at radius 3 is 2.34 bits per heavy atom. The van der Waals surface area contributed by atoms with Crippen molar-refractivity contribution in [1.82, 2.24) is 4.90 Å². The topological polar surface area (TPSA) is 76.1 Å². The predicted molar refractivity (Wildman–Crippen MR) is 114 cm³/mol. The lowest BCUT2D eigenvalue weighted by Crippen LogP contribution is -2.55. The van der Waals surface area contributed by atoms with Crippen LogP contribution in [0.4, 0.5) is 30.2 Å². The number of phenols is 1. The van der Waals surface area contributed by atoms with Crippen LogP contribution in [0.2, 0.25) is 0 Å². The molecule has 170 valence electrons. The van der Waals surface area contributed by atoms with E-state index in [4.69, 9.17) is 0 Å². The molecule has 0 saturated carbocycles. The second kappa shape index (κ2) is 8.70. The van der Waals surface area contributed by atoms with Crippen molar-refractivity contribution in [2.75, 3.05) is 47.8 Å². The number of hydrogen-bond donors (Lipinski definition) is 2. The molecule has 2 amide bonds. The van der Waals surface area contributed by atoms with Gasteiger partial charge < -0.3 is 15.3 Å². The van der Waals surface area contributed by atoms with Crippen LogP contribution in [0.3, 0.4) is 0 Å². The van der Waals surface area contributed by atoms with Gasteiger partial charge in [-0.3, -0.25) is 19.4 Å². The molecule has 4 rings (SSSR count). The fraction of sp³-hybridized carbons (Fsp3) is 0.364. The number of nitrogens with one attached hydrogen (secondary N) is 1. The van der Waals surface area contributed by atoms with E-state index in [0.717, 1.165) is 10.6 Å². The Bertz CT molecular complexity index is 989. The van der Waals surface area contributed by atoms with Gasteiger partial charge in [0.25, 0.3) is 0 Å². The van der Waals surface area contributed by atoms with Crippen molar-refractivity contribution >= 4 is 28.9 Å². The molecule has 2 aliphatic heterocycles. The van der Waals surface area contributed by atoms with Crippen LogP contribution < -0.4 is 15.1 Å². The summed E-state index contributed by atoms with van der Waals surface area (Å²) in [4.78, 5) is 29.8. The van der Waals surface area contributed by atoms with Crippen molar-refractivity contribution in [3.8, 4) is 5.75 Å². The van der Waals surface area contributed by atoms with E-state index in [1.54, 1.807) is 36.4 Å². The van der Waals surface area contributed by atoms with Gasteiger partial charge in [-0.05, 0) is 36.4 Å². The summed E-state index contributed by atoms with van der Waals surface area (Å²) in [6, 6.07) is 10.6. The lowest BCUT2D eigenvalue weighted by Gasteiger charge is -2.38. The summed E-state index contributed by atoms with van der Waals surface area (Å²) in [7, 11) is 0. The second-order valence-electron chi connectivity index (χ2n) is 7.87. The average molecular weight is 448 g/mol. The second-order valence-corrected chi connectivity index (χ2v) is 7.87. The number of para-hydroxylation sites is 2. The van der Waals surface area contributed by atoms with Gasteiger partial charge in [-0.15, -0.1) is 0 Å². The highest BCUT2D eigenvalue weighted by atomic mass is 19.4. The molecule has 2 aliphatic rings. The van der Waals surface area contributed by atoms with Crippen molar-refractivity contribution in [3.05, 3.63) is 48.5 Å². The van der Waals surface area contributed by atoms with Crippen LogP contribution in [0.25, 0.3) is 0 Å². The number of alkyl halides is 3. The van der Waals surface area contributed by atoms with E-state index in [2.05, 4.69) is 10.2 Å². The Balaban J connectivity index is 1.50. The normalized spacial score (nSPS) is 19.8. The van der Waals surface area contributed by atoms with Gasteiger partial charge in [-0.1, -0.05) is 12.1 Å². The lowest BCUT2D eigenvalue weighted by atomic mass is 10.1. The number of phenolic OH excluding ortho intramolecular Hbond substituents is 1. The largest absolute Gasteiger partial charge is 0.508 e. The Kier molecular flexibility index (Phi) is 5.96. The quantitative estimate of drug-likeness (QED) is 0.756. The highest BCUT2D eigenvalue weighted by Gasteiger charge is 2.49. The number of aromatic hydroxyl groups is 1. The molecule has 2 aromatic rings. The fourth-order valence-corrected chi connectivity index (χ4v) is 4.09. The SMILES string of the molecule is O=C1CC(C(F)(F)F)N(C(=O)CN2CCN(c3ccc(O)cc3)CC2)c2ccccc2N1. The average Bonchev–Trinajstić information content (AvgIpc) is 2.90. The van der Waals surface area contributed by atoms with E-state index >= 15 is 0 Å². The number of carbonyl (C=O) groups is 2. The Labute approximate surface area is 183 Å². The molecule has 1 fully saturated rings. The van der Waals surface area contributed by atoms with E-state index < -0.39 is 30.5 Å². The van der Waals surface area contributed by atoms with Crippen molar-refractivity contribution in [1.29, 1.82) is 0 Å². The van der Waals surface area contributed by atoms with E-state index in [9.17, 15) is 27.9 Å². The van der Waals surface area contributed by atoms with Gasteiger partial charge in [-0.25, -0.2) is 0 Å². The number of halogens is 3. The maximum atomic E-state index is 13.8. The number of rotatable bonds is 3. The molecule has 2 heterocycles. The first kappa shape index (κ1) is 21.9. The van der Waals surface area contributed by atoms with Crippen LogP contribution >= 0.6 is 0 Å². The maximum Gasteiger partial charge on any atom is 0.409 e. The van der Waals surface area contributed by atoms with Gasteiger partial charge in [0, 0.05) is 31.9 Å². The van der Waals surface area contributed by atoms with E-state index in [1.165, 1.54) is 12.1 Å². The zero-order valence-corrected chi connectivity index (χ0v) is 17.2. The zero-order valence-electron chi connectivity index (χ0n) is 17.2. The first-order valence-electron chi connectivity index (χ1n) is 10.3. The van der Waals surface area contributed by atoms with Gasteiger partial charge in [0.1, 0.15) is 11.8 Å². The number of anilines is 3. The molecule has 0 bridgehead atoms. The molecule has 7 nitrogen and oxygen atoms in total. The molecule has 2 N–H and O–H groups in total. The summed E-state index contributed by atoms with van der Waals surface area (Å²) in [5.74, 6) is -1.31. The minimum absolute atomic E-state index is 0.0494. The fourth-order valence-electron chi connectivity index (χ4n) is 4.09. The summed E-state index contributed by atoms with van der Waals surface area (Å²) in [5, 5.41) is 11.9. The van der Waals surface area contributed by atoms with Crippen molar-refractivity contribution in [3.63, 3.8) is 0 Å². The van der Waals surface area contributed by atoms with Gasteiger partial charge >= 0.3 is 6.18 Å². The minimum atomic E-state index is -4.75. The number of hydrogen-bond acceptors (Lipinski definition) is 5. The third-order valence-electron chi connectivity index (χ3n) is 5.72. The maximum absolute atomic E-state index is 13.8. The van der Waals surface area contributed by atoms with Gasteiger partial charge in [0.15, 0.2) is 0 Å². The number of fused-ring (bicyclic) bond motifs is 1. The summed E-state index contributed by atoms with van der Waals surface area (Å²) in [6.07, 6.45) is -5.60. The molecule has 0 aliphatic carbocycles. The Hall–Kier alpha value is -3.27. The predicted octanol–water partition coefficient (Wildman–Crippen LogP) is 2.82. The third kappa shape index (κ3) is 4.64. The summed E-state index contributed by atoms with van der Waals surface area (Å²) in [6.45, 7) is 2.00. The monoisotopic (exact) mass is 448 g/mol. The van der Waals surface area contributed by atoms with Gasteiger partial charge in [-0.2, -0.15) is 13.2 Å². The molecule has 1 saturated heterocycles. The molecule has 1 atom stereocenters. The molecule has 10 heteroatoms. The van der Waals surface area contributed by atoms with Crippen LogP contribution in [0.5, 0.6) is 5.75 Å². The van der Waals surface area contributed by atoms with Crippen LogP contribution in [-0.4, -0.2) is 66.8 Å². The summed E-state index contributed by atoms with van der Waals surface area (Å²) < 4.78 is 41.5. The van der Waals surface area contributed by atoms with E-state index in [-0.39, 0.29) is 23.7 Å². The number of carbonyl (C=O) groups excluding carboxylic acids is 2. The zero-order chi connectivity index (χ0) is 22.9. The van der Waals surface area contributed by atoms with Crippen LogP contribution in [0.1, 0.15) is 6.42 Å². The van der Waals surface area contributed by atoms with Gasteiger partial charge in [0.2, 0.25) is 11.8 Å². The molecule has 0 aromatic heterocycles. The van der Waals surface area contributed by atoms with Gasteiger partial charge in [0.05, 0.1) is 24.3 Å². The first-order chi connectivity index (χ1) is 15.2. The third-order valence-corrected chi connectivity index (χ3v) is 5.72. The molecular weight excluding hydrogens is 425 g/mol. The molecule has 0 spiro atoms. The van der Waals surface area contributed by atoms with Crippen LogP contribution in [-0.2, 0) is 9.59 Å². The highest BCUT2D eigenvalue weighted by Crippen LogP contribution is 2.37. The first-order valence-corrected chi connectivity index (χ1v) is 10.3. The molecule has 0 radical (unpaired) electrons. The van der Waals surface area contributed by atoms with E-state index in [0.29, 0.717) is 26.2 Å². The highest BCUT2D eigenvalue weighted by molar-refractivity contribution is 6.05. The number of benzene rings is 2. The molecule has 32 heavy (non-hydrogen) atoms. The van der Waals surface area contributed by atoms with Crippen molar-refractivity contribution < 1.29 is 27.9 Å². The van der Waals surface area contributed by atoms with Crippen molar-refractivity contribution in [2.24, 2.45) is 0 Å². The number of piperazine rings is 1. The van der Waals surface area contributed by atoms with Crippen LogP contribution in [0, 0.1) is 0 Å². The molecule has 2 aromatic carbocycles. The smallest absolute Gasteiger partial charge is 0.409 e. The molecular formula is C22H23F3N4O3. The Morgan fingerprint density at radius 2 is 1.69 bits per heavy atom. The summed E-state index contributed by atoms with van der Waals surface area (Å²) in [5.41, 5.74) is 1.17. The lowest BCUT2D eigenvalue weighted by molar-refractivity contribution is -0.158. The minimum Gasteiger partial charge on any atom is -0.508 e. The summed E-state index contributed by atoms with van der Waals surface area (Å²) >= 11 is 0. The number of amides is 2.